The largest absolute Gasteiger partial charge is 0.324 e. The number of urea groups is 1. The van der Waals surface area contributed by atoms with E-state index < -0.39 is 0 Å². The maximum atomic E-state index is 12.7. The third-order valence-electron chi connectivity index (χ3n) is 4.14. The molecule has 1 heterocycles. The topological polar surface area (TPSA) is 69.7 Å². The summed E-state index contributed by atoms with van der Waals surface area (Å²) >= 11 is 0. The number of fused-ring (bicyclic) bond motifs is 1. The molecule has 142 valence electrons. The molecule has 0 aliphatic carbocycles. The fraction of sp³-hybridized carbons (Fsp3) is 0.550. The molecule has 0 unspecified atom stereocenters. The van der Waals surface area contributed by atoms with Crippen molar-refractivity contribution in [1.29, 1.82) is 0 Å². The molecule has 1 N–H and O–H groups in total. The molecule has 1 aromatic rings. The number of carbonyl (C=O) groups is 3. The first-order valence-electron chi connectivity index (χ1n) is 9.19. The number of hydrogen-bond acceptors (Lipinski definition) is 3. The number of nitrogens with zero attached hydrogens (tertiary/aromatic N) is 2. The highest BCUT2D eigenvalue weighted by Crippen LogP contribution is 2.27. The van der Waals surface area contributed by atoms with Gasteiger partial charge in [-0.2, -0.15) is 0 Å². The molecule has 1 aromatic carbocycles. The molecule has 0 bridgehead atoms. The number of carbonyl (C=O) groups excluding carboxylic acids is 3. The van der Waals surface area contributed by atoms with Crippen molar-refractivity contribution >= 4 is 23.5 Å². The van der Waals surface area contributed by atoms with Crippen LogP contribution in [0.4, 0.5) is 10.5 Å². The van der Waals surface area contributed by atoms with Gasteiger partial charge in [0.1, 0.15) is 0 Å². The minimum Gasteiger partial charge on any atom is -0.324 e. The van der Waals surface area contributed by atoms with Crippen molar-refractivity contribution in [3.63, 3.8) is 0 Å². The van der Waals surface area contributed by atoms with Gasteiger partial charge in [-0.25, -0.2) is 4.79 Å². The molecule has 4 amide bonds. The van der Waals surface area contributed by atoms with Gasteiger partial charge in [-0.1, -0.05) is 27.7 Å². The van der Waals surface area contributed by atoms with Gasteiger partial charge in [0.25, 0.3) is 11.8 Å². The summed E-state index contributed by atoms with van der Waals surface area (Å²) in [7, 11) is 0. The molecule has 0 saturated heterocycles. The summed E-state index contributed by atoms with van der Waals surface area (Å²) in [6, 6.07) is 4.49. The smallest absolute Gasteiger partial charge is 0.321 e. The van der Waals surface area contributed by atoms with Gasteiger partial charge in [-0.3, -0.25) is 14.5 Å². The molecule has 0 saturated carbocycles. The maximum absolute atomic E-state index is 12.7. The number of anilines is 1. The lowest BCUT2D eigenvalue weighted by Gasteiger charge is -2.26. The Morgan fingerprint density at radius 2 is 1.50 bits per heavy atom. The summed E-state index contributed by atoms with van der Waals surface area (Å²) in [5, 5.41) is 2.87. The first-order valence-corrected chi connectivity index (χ1v) is 9.19. The monoisotopic (exact) mass is 359 g/mol. The van der Waals surface area contributed by atoms with Crippen molar-refractivity contribution in [1.82, 2.24) is 9.80 Å². The van der Waals surface area contributed by atoms with Crippen molar-refractivity contribution < 1.29 is 14.4 Å². The third-order valence-corrected chi connectivity index (χ3v) is 4.14. The number of benzene rings is 1. The average molecular weight is 359 g/mol. The first-order chi connectivity index (χ1) is 12.1. The lowest BCUT2D eigenvalue weighted by molar-refractivity contribution is 0.0609. The molecule has 0 aromatic heterocycles. The van der Waals surface area contributed by atoms with E-state index in [9.17, 15) is 14.4 Å². The fourth-order valence-corrected chi connectivity index (χ4v) is 3.13. The molecule has 0 radical (unpaired) electrons. The van der Waals surface area contributed by atoms with Gasteiger partial charge in [0, 0.05) is 24.8 Å². The van der Waals surface area contributed by atoms with E-state index in [4.69, 9.17) is 0 Å². The molecule has 0 spiro atoms. The maximum Gasteiger partial charge on any atom is 0.321 e. The summed E-state index contributed by atoms with van der Waals surface area (Å²) in [5.74, 6) is 0.132. The van der Waals surface area contributed by atoms with Gasteiger partial charge in [-0.15, -0.1) is 0 Å². The predicted molar refractivity (Wildman–Crippen MR) is 102 cm³/mol. The van der Waals surface area contributed by atoms with Crippen LogP contribution in [0.3, 0.4) is 0 Å². The van der Waals surface area contributed by atoms with Crippen molar-refractivity contribution in [2.75, 3.05) is 18.4 Å². The molecule has 0 atom stereocenters. The van der Waals surface area contributed by atoms with Crippen LogP contribution >= 0.6 is 0 Å². The van der Waals surface area contributed by atoms with Crippen LogP contribution in [-0.4, -0.2) is 46.8 Å². The van der Waals surface area contributed by atoms with Crippen molar-refractivity contribution in [3.8, 4) is 0 Å². The molecule has 6 nitrogen and oxygen atoms in total. The number of rotatable bonds is 6. The third kappa shape index (κ3) is 4.23. The van der Waals surface area contributed by atoms with Gasteiger partial charge in [0.15, 0.2) is 0 Å². The van der Waals surface area contributed by atoms with Gasteiger partial charge in [0.2, 0.25) is 0 Å². The zero-order valence-electron chi connectivity index (χ0n) is 16.5. The SMILES string of the molecule is CC(C)CN(CC(C)C)C(=O)Nc1ccc2c(c1)C(=O)N(C(C)C)C2=O. The average Bonchev–Trinajstić information content (AvgIpc) is 2.76. The van der Waals surface area contributed by atoms with Gasteiger partial charge < -0.3 is 10.2 Å². The van der Waals surface area contributed by atoms with E-state index in [1.807, 2.05) is 0 Å². The molecule has 1 aliphatic heterocycles. The predicted octanol–water partition coefficient (Wildman–Crippen LogP) is 3.84. The van der Waals surface area contributed by atoms with E-state index in [-0.39, 0.29) is 23.9 Å². The number of amides is 4. The second-order valence-electron chi connectivity index (χ2n) is 7.96. The van der Waals surface area contributed by atoms with Gasteiger partial charge in [-0.05, 0) is 43.9 Å². The molecule has 2 rings (SSSR count). The molecule has 1 aliphatic rings. The lowest BCUT2D eigenvalue weighted by atomic mass is 10.1. The van der Waals surface area contributed by atoms with Gasteiger partial charge in [0.05, 0.1) is 11.1 Å². The van der Waals surface area contributed by atoms with Crippen LogP contribution in [0.25, 0.3) is 0 Å². The van der Waals surface area contributed by atoms with Crippen LogP contribution in [0.1, 0.15) is 62.3 Å². The summed E-state index contributed by atoms with van der Waals surface area (Å²) in [6.45, 7) is 13.2. The highest BCUT2D eigenvalue weighted by atomic mass is 16.2. The molecule has 6 heteroatoms. The number of nitrogens with one attached hydrogen (secondary N) is 1. The van der Waals surface area contributed by atoms with E-state index in [1.165, 1.54) is 4.90 Å². The Bertz CT molecular complexity index is 700. The van der Waals surface area contributed by atoms with Crippen molar-refractivity contribution in [2.45, 2.75) is 47.6 Å². The molecular formula is C20H29N3O3. The minimum atomic E-state index is -0.308. The molecule has 0 fully saturated rings. The summed E-state index contributed by atoms with van der Waals surface area (Å²) in [5.41, 5.74) is 1.27. The Morgan fingerprint density at radius 3 is 2.00 bits per heavy atom. The van der Waals surface area contributed by atoms with E-state index in [1.54, 1.807) is 36.9 Å². The summed E-state index contributed by atoms with van der Waals surface area (Å²) in [6.07, 6.45) is 0. The normalized spacial score (nSPS) is 13.8. The van der Waals surface area contributed by atoms with E-state index in [2.05, 4.69) is 33.0 Å². The summed E-state index contributed by atoms with van der Waals surface area (Å²) in [4.78, 5) is 40.5. The van der Waals surface area contributed by atoms with Crippen LogP contribution in [0.5, 0.6) is 0 Å². The second-order valence-corrected chi connectivity index (χ2v) is 7.96. The van der Waals surface area contributed by atoms with Crippen LogP contribution < -0.4 is 5.32 Å². The van der Waals surface area contributed by atoms with E-state index >= 15 is 0 Å². The van der Waals surface area contributed by atoms with Crippen LogP contribution in [0.15, 0.2) is 18.2 Å². The van der Waals surface area contributed by atoms with Gasteiger partial charge >= 0.3 is 6.03 Å². The lowest BCUT2D eigenvalue weighted by Crippen LogP contribution is -2.39. The zero-order valence-corrected chi connectivity index (χ0v) is 16.5. The standard InChI is InChI=1S/C20H29N3O3/c1-12(2)10-22(11-13(3)4)20(26)21-15-7-8-16-17(9-15)19(25)23(14(5)6)18(16)24/h7-9,12-14H,10-11H2,1-6H3,(H,21,26). The summed E-state index contributed by atoms with van der Waals surface area (Å²) < 4.78 is 0. The molecule has 26 heavy (non-hydrogen) atoms. The second kappa shape index (κ2) is 7.89. The minimum absolute atomic E-state index is 0.190. The van der Waals surface area contributed by atoms with Crippen LogP contribution in [0, 0.1) is 11.8 Å². The van der Waals surface area contributed by atoms with Crippen molar-refractivity contribution in [2.24, 2.45) is 11.8 Å². The Kier molecular flexibility index (Phi) is 6.05. The highest BCUT2D eigenvalue weighted by molar-refractivity contribution is 6.22. The fourth-order valence-electron chi connectivity index (χ4n) is 3.13. The molecular weight excluding hydrogens is 330 g/mol. The highest BCUT2D eigenvalue weighted by Gasteiger charge is 2.37. The van der Waals surface area contributed by atoms with E-state index in [0.717, 1.165) is 0 Å². The Hall–Kier alpha value is -2.37. The van der Waals surface area contributed by atoms with Crippen LogP contribution in [0.2, 0.25) is 0 Å². The van der Waals surface area contributed by atoms with E-state index in [0.29, 0.717) is 41.7 Å². The Labute approximate surface area is 155 Å². The quantitative estimate of drug-likeness (QED) is 0.785. The van der Waals surface area contributed by atoms with Crippen molar-refractivity contribution in [3.05, 3.63) is 29.3 Å². The Morgan fingerprint density at radius 1 is 0.962 bits per heavy atom. The number of imide groups is 1. The Balaban J connectivity index is 2.20. The first kappa shape index (κ1) is 19.9. The number of hydrogen-bond donors (Lipinski definition) is 1. The zero-order chi connectivity index (χ0) is 19.6. The van der Waals surface area contributed by atoms with Crippen LogP contribution in [-0.2, 0) is 0 Å².